The Hall–Kier alpha value is -3.30. The first-order chi connectivity index (χ1) is 15.9. The number of anilines is 1. The fraction of sp³-hybridized carbons (Fsp3) is 0.583. The number of amides is 4. The number of esters is 1. The van der Waals surface area contributed by atoms with E-state index in [1.165, 1.54) is 21.1 Å². The number of rotatable bonds is 7. The van der Waals surface area contributed by atoms with Gasteiger partial charge in [0, 0.05) is 6.07 Å². The molecule has 1 saturated heterocycles. The van der Waals surface area contributed by atoms with Crippen LogP contribution in [0.15, 0.2) is 18.2 Å². The Labute approximate surface area is 199 Å². The molecule has 0 unspecified atom stereocenters. The van der Waals surface area contributed by atoms with E-state index < -0.39 is 42.0 Å². The third-order valence-electron chi connectivity index (χ3n) is 6.25. The first-order valence-electron chi connectivity index (χ1n) is 11.3. The number of ether oxygens (including phenoxy) is 3. The zero-order valence-corrected chi connectivity index (χ0v) is 20.5. The number of carbonyl (C=O) groups is 4. The van der Waals surface area contributed by atoms with Crippen molar-refractivity contribution in [3.63, 3.8) is 0 Å². The lowest BCUT2D eigenvalue weighted by molar-refractivity contribution is -0.155. The fourth-order valence-electron chi connectivity index (χ4n) is 5.21. The third kappa shape index (κ3) is 5.26. The molecule has 3 atom stereocenters. The fourth-order valence-corrected chi connectivity index (χ4v) is 5.21. The smallest absolute Gasteiger partial charge is 0.327 e. The van der Waals surface area contributed by atoms with Crippen LogP contribution in [0, 0.1) is 11.3 Å². The van der Waals surface area contributed by atoms with Crippen LogP contribution in [0.1, 0.15) is 47.0 Å². The van der Waals surface area contributed by atoms with Crippen molar-refractivity contribution in [2.45, 2.75) is 58.6 Å². The summed E-state index contributed by atoms with van der Waals surface area (Å²) in [7, 11) is 2.95. The summed E-state index contributed by atoms with van der Waals surface area (Å²) in [6, 6.07) is 4.26. The van der Waals surface area contributed by atoms with Crippen molar-refractivity contribution in [1.29, 1.82) is 0 Å². The zero-order valence-electron chi connectivity index (χ0n) is 20.5. The highest BCUT2D eigenvalue weighted by Gasteiger charge is 2.56. The Balaban J connectivity index is 1.62. The van der Waals surface area contributed by atoms with Crippen LogP contribution in [0.25, 0.3) is 0 Å². The Morgan fingerprint density at radius 2 is 1.91 bits per heavy atom. The van der Waals surface area contributed by atoms with Gasteiger partial charge in [-0.25, -0.2) is 4.79 Å². The van der Waals surface area contributed by atoms with Gasteiger partial charge in [0.1, 0.15) is 23.6 Å². The summed E-state index contributed by atoms with van der Waals surface area (Å²) in [5.74, 6) is -0.722. The molecule has 1 saturated carbocycles. The van der Waals surface area contributed by atoms with Gasteiger partial charge in [-0.2, -0.15) is 0 Å². The van der Waals surface area contributed by atoms with Crippen LogP contribution in [-0.2, 0) is 19.1 Å². The number of methoxy groups -OCH3 is 2. The molecule has 3 rings (SSSR count). The third-order valence-corrected chi connectivity index (χ3v) is 6.25. The molecule has 34 heavy (non-hydrogen) atoms. The molecule has 1 aliphatic heterocycles. The summed E-state index contributed by atoms with van der Waals surface area (Å²) >= 11 is 0. The highest BCUT2D eigenvalue weighted by molar-refractivity contribution is 6.09. The molecule has 1 aromatic rings. The molecule has 10 nitrogen and oxygen atoms in total. The van der Waals surface area contributed by atoms with E-state index in [9.17, 15) is 19.2 Å². The van der Waals surface area contributed by atoms with Gasteiger partial charge >= 0.3 is 12.0 Å². The largest absolute Gasteiger partial charge is 0.497 e. The van der Waals surface area contributed by atoms with E-state index in [4.69, 9.17) is 14.2 Å². The van der Waals surface area contributed by atoms with Gasteiger partial charge in [0.15, 0.2) is 6.10 Å². The van der Waals surface area contributed by atoms with E-state index in [0.29, 0.717) is 30.0 Å². The topological polar surface area (TPSA) is 123 Å². The lowest BCUT2D eigenvalue weighted by atomic mass is 9.64. The summed E-state index contributed by atoms with van der Waals surface area (Å²) in [4.78, 5) is 51.8. The molecule has 0 aromatic heterocycles. The zero-order chi connectivity index (χ0) is 25.3. The molecule has 1 aliphatic carbocycles. The minimum atomic E-state index is -1.17. The minimum absolute atomic E-state index is 0.120. The maximum Gasteiger partial charge on any atom is 0.327 e. The summed E-state index contributed by atoms with van der Waals surface area (Å²) < 4.78 is 15.6. The van der Waals surface area contributed by atoms with E-state index in [1.54, 1.807) is 18.2 Å². The molecule has 0 radical (unpaired) electrons. The van der Waals surface area contributed by atoms with Gasteiger partial charge in [-0.05, 0) is 49.7 Å². The van der Waals surface area contributed by atoms with Crippen LogP contribution in [0.4, 0.5) is 10.5 Å². The van der Waals surface area contributed by atoms with Crippen LogP contribution in [0.2, 0.25) is 0 Å². The maximum atomic E-state index is 13.2. The van der Waals surface area contributed by atoms with Crippen LogP contribution < -0.4 is 20.1 Å². The van der Waals surface area contributed by atoms with Gasteiger partial charge in [0.2, 0.25) is 0 Å². The Morgan fingerprint density at radius 3 is 2.53 bits per heavy atom. The normalized spacial score (nSPS) is 24.4. The Morgan fingerprint density at radius 1 is 1.21 bits per heavy atom. The van der Waals surface area contributed by atoms with Crippen molar-refractivity contribution in [2.75, 3.05) is 26.1 Å². The molecule has 186 valence electrons. The van der Waals surface area contributed by atoms with Crippen LogP contribution in [-0.4, -0.2) is 61.1 Å². The van der Waals surface area contributed by atoms with Gasteiger partial charge in [-0.1, -0.05) is 20.8 Å². The van der Waals surface area contributed by atoms with Crippen LogP contribution in [0.3, 0.4) is 0 Å². The summed E-state index contributed by atoms with van der Waals surface area (Å²) in [6.45, 7) is 7.02. The SMILES string of the molecule is COc1ccc(OC)c(NC(=O)[C@H](C)OC(=O)CN2C(=O)N[C@@]3(C[C@@H](C)CC(C)(C)C3)C2=O)c1. The lowest BCUT2D eigenvalue weighted by Gasteiger charge is -2.43. The second-order valence-corrected chi connectivity index (χ2v) is 9.95. The number of imide groups is 1. The van der Waals surface area contributed by atoms with Gasteiger partial charge in [0.25, 0.3) is 11.8 Å². The van der Waals surface area contributed by atoms with Crippen molar-refractivity contribution in [2.24, 2.45) is 11.3 Å². The highest BCUT2D eigenvalue weighted by Crippen LogP contribution is 2.46. The summed E-state index contributed by atoms with van der Waals surface area (Å²) in [6.07, 6.45) is 0.798. The molecule has 4 amide bonds. The average Bonchev–Trinajstić information content (AvgIpc) is 2.95. The summed E-state index contributed by atoms with van der Waals surface area (Å²) in [5, 5.41) is 5.45. The molecule has 10 heteroatoms. The molecular formula is C24H33N3O7. The predicted octanol–water partition coefficient (Wildman–Crippen LogP) is 2.71. The van der Waals surface area contributed by atoms with Gasteiger partial charge in [-0.15, -0.1) is 0 Å². The average molecular weight is 476 g/mol. The number of urea groups is 1. The molecule has 1 heterocycles. The second kappa shape index (κ2) is 9.52. The molecular weight excluding hydrogens is 442 g/mol. The molecule has 1 spiro atoms. The van der Waals surface area contributed by atoms with Crippen LogP contribution in [0.5, 0.6) is 11.5 Å². The lowest BCUT2D eigenvalue weighted by Crippen LogP contribution is -2.54. The van der Waals surface area contributed by atoms with Gasteiger partial charge in [0.05, 0.1) is 19.9 Å². The van der Waals surface area contributed by atoms with Crippen molar-refractivity contribution >= 4 is 29.5 Å². The van der Waals surface area contributed by atoms with Crippen LogP contribution >= 0.6 is 0 Å². The molecule has 2 fully saturated rings. The van der Waals surface area contributed by atoms with Crippen molar-refractivity contribution in [3.05, 3.63) is 18.2 Å². The number of hydrogen-bond donors (Lipinski definition) is 2. The quantitative estimate of drug-likeness (QED) is 0.459. The van der Waals surface area contributed by atoms with Crippen molar-refractivity contribution in [1.82, 2.24) is 10.2 Å². The van der Waals surface area contributed by atoms with Gasteiger partial charge in [-0.3, -0.25) is 19.3 Å². The molecule has 2 N–H and O–H groups in total. The van der Waals surface area contributed by atoms with Crippen molar-refractivity contribution < 1.29 is 33.4 Å². The van der Waals surface area contributed by atoms with E-state index in [1.807, 2.05) is 0 Å². The monoisotopic (exact) mass is 475 g/mol. The van der Waals surface area contributed by atoms with E-state index >= 15 is 0 Å². The Kier molecular flexibility index (Phi) is 7.09. The molecule has 0 bridgehead atoms. The van der Waals surface area contributed by atoms with Gasteiger partial charge < -0.3 is 24.8 Å². The standard InChI is InChI=1S/C24H33N3O7/c1-14-10-23(3,4)13-24(11-14)21(30)27(22(31)26-24)12-19(28)34-15(2)20(29)25-17-9-16(32-5)7-8-18(17)33-6/h7-9,14-15H,10-13H2,1-6H3,(H,25,29)(H,26,31)/t14-,15-,24+/m0/s1. The number of carbonyl (C=O) groups excluding carboxylic acids is 4. The van der Waals surface area contributed by atoms with Crippen molar-refractivity contribution in [3.8, 4) is 11.5 Å². The summed E-state index contributed by atoms with van der Waals surface area (Å²) in [5.41, 5.74) is -0.783. The molecule has 2 aliphatic rings. The molecule has 1 aromatic carbocycles. The van der Waals surface area contributed by atoms with E-state index in [0.717, 1.165) is 11.3 Å². The van der Waals surface area contributed by atoms with E-state index in [-0.39, 0.29) is 11.3 Å². The van der Waals surface area contributed by atoms with E-state index in [2.05, 4.69) is 31.4 Å². The minimum Gasteiger partial charge on any atom is -0.497 e. The number of hydrogen-bond acceptors (Lipinski definition) is 7. The maximum absolute atomic E-state index is 13.2. The first-order valence-corrected chi connectivity index (χ1v) is 11.3. The number of nitrogens with zero attached hydrogens (tertiary/aromatic N) is 1. The second-order valence-electron chi connectivity index (χ2n) is 9.95. The predicted molar refractivity (Wildman–Crippen MR) is 124 cm³/mol. The highest BCUT2D eigenvalue weighted by atomic mass is 16.5. The number of benzene rings is 1. The number of nitrogens with one attached hydrogen (secondary N) is 2. The first kappa shape index (κ1) is 25.3. The Bertz CT molecular complexity index is 993.